The van der Waals surface area contributed by atoms with Gasteiger partial charge >= 0.3 is 0 Å². The third kappa shape index (κ3) is 5.50. The number of nitrogens with zero attached hydrogens (tertiary/aromatic N) is 1. The summed E-state index contributed by atoms with van der Waals surface area (Å²) in [5.74, 6) is 0.658. The standard InChI is InChI=1S/C13H27N3O/c1-4-15-12(13(14)17)7-8-16(10(2)3)9-11-5-6-11/h10-12,15H,4-9H2,1-3H3,(H2,14,17). The van der Waals surface area contributed by atoms with Crippen LogP contribution in [0.5, 0.6) is 0 Å². The lowest BCUT2D eigenvalue weighted by Crippen LogP contribution is -2.44. The molecule has 1 aliphatic rings. The van der Waals surface area contributed by atoms with Crippen molar-refractivity contribution < 1.29 is 4.79 Å². The summed E-state index contributed by atoms with van der Waals surface area (Å²) in [6.07, 6.45) is 3.55. The Bertz CT molecular complexity index is 239. The maximum Gasteiger partial charge on any atom is 0.234 e. The van der Waals surface area contributed by atoms with Crippen molar-refractivity contribution >= 4 is 5.91 Å². The summed E-state index contributed by atoms with van der Waals surface area (Å²) in [7, 11) is 0. The smallest absolute Gasteiger partial charge is 0.234 e. The summed E-state index contributed by atoms with van der Waals surface area (Å²) >= 11 is 0. The van der Waals surface area contributed by atoms with Crippen molar-refractivity contribution in [3.05, 3.63) is 0 Å². The largest absolute Gasteiger partial charge is 0.368 e. The zero-order valence-electron chi connectivity index (χ0n) is 11.4. The molecule has 0 spiro atoms. The molecule has 0 saturated heterocycles. The van der Waals surface area contributed by atoms with Crippen LogP contribution in [0.25, 0.3) is 0 Å². The van der Waals surface area contributed by atoms with E-state index in [9.17, 15) is 4.79 Å². The van der Waals surface area contributed by atoms with Crippen LogP contribution < -0.4 is 11.1 Å². The Morgan fingerprint density at radius 1 is 1.47 bits per heavy atom. The van der Waals surface area contributed by atoms with Crippen LogP contribution >= 0.6 is 0 Å². The molecule has 1 amide bonds. The molecule has 1 rings (SSSR count). The Kier molecular flexibility index (Phi) is 5.92. The summed E-state index contributed by atoms with van der Waals surface area (Å²) in [6, 6.07) is 0.367. The van der Waals surface area contributed by atoms with Gasteiger partial charge in [-0.1, -0.05) is 6.92 Å². The van der Waals surface area contributed by atoms with Crippen molar-refractivity contribution in [2.24, 2.45) is 11.7 Å². The highest BCUT2D eigenvalue weighted by Gasteiger charge is 2.26. The number of amides is 1. The van der Waals surface area contributed by atoms with E-state index in [1.807, 2.05) is 6.92 Å². The average molecular weight is 241 g/mol. The number of likely N-dealkylation sites (N-methyl/N-ethyl adjacent to an activating group) is 1. The van der Waals surface area contributed by atoms with Crippen LogP contribution in [-0.4, -0.2) is 42.5 Å². The normalized spacial score (nSPS) is 17.7. The van der Waals surface area contributed by atoms with Gasteiger partial charge in [0.2, 0.25) is 5.91 Å². The van der Waals surface area contributed by atoms with Gasteiger partial charge in [-0.2, -0.15) is 0 Å². The molecule has 3 N–H and O–H groups in total. The molecule has 0 aromatic carbocycles. The molecular weight excluding hydrogens is 214 g/mol. The average Bonchev–Trinajstić information content (AvgIpc) is 3.05. The van der Waals surface area contributed by atoms with Gasteiger partial charge in [-0.05, 0) is 45.6 Å². The minimum Gasteiger partial charge on any atom is -0.368 e. The molecule has 4 heteroatoms. The van der Waals surface area contributed by atoms with E-state index in [4.69, 9.17) is 5.73 Å². The summed E-state index contributed by atoms with van der Waals surface area (Å²) in [4.78, 5) is 13.7. The third-order valence-electron chi connectivity index (χ3n) is 3.42. The first-order valence-electron chi connectivity index (χ1n) is 6.81. The van der Waals surface area contributed by atoms with Crippen LogP contribution in [-0.2, 0) is 4.79 Å². The Morgan fingerprint density at radius 2 is 2.12 bits per heavy atom. The SMILES string of the molecule is CCNC(CCN(CC1CC1)C(C)C)C(N)=O. The molecule has 0 heterocycles. The van der Waals surface area contributed by atoms with Crippen molar-refractivity contribution in [3.63, 3.8) is 0 Å². The number of hydrogen-bond acceptors (Lipinski definition) is 3. The zero-order valence-corrected chi connectivity index (χ0v) is 11.4. The molecule has 1 fully saturated rings. The molecule has 1 atom stereocenters. The Morgan fingerprint density at radius 3 is 2.53 bits per heavy atom. The molecule has 0 bridgehead atoms. The maximum atomic E-state index is 11.2. The van der Waals surface area contributed by atoms with Crippen molar-refractivity contribution in [2.45, 2.75) is 52.1 Å². The molecule has 17 heavy (non-hydrogen) atoms. The summed E-state index contributed by atoms with van der Waals surface area (Å²) in [5.41, 5.74) is 5.38. The van der Waals surface area contributed by atoms with Crippen LogP contribution in [0.1, 0.15) is 40.0 Å². The summed E-state index contributed by atoms with van der Waals surface area (Å²) in [6.45, 7) is 9.35. The van der Waals surface area contributed by atoms with Crippen molar-refractivity contribution in [2.75, 3.05) is 19.6 Å². The van der Waals surface area contributed by atoms with Crippen LogP contribution in [0.4, 0.5) is 0 Å². The predicted molar refractivity (Wildman–Crippen MR) is 70.7 cm³/mol. The summed E-state index contributed by atoms with van der Waals surface area (Å²) < 4.78 is 0. The highest BCUT2D eigenvalue weighted by molar-refractivity contribution is 5.79. The van der Waals surface area contributed by atoms with Gasteiger partial charge in [0.05, 0.1) is 6.04 Å². The van der Waals surface area contributed by atoms with Crippen molar-refractivity contribution in [3.8, 4) is 0 Å². The Balaban J connectivity index is 2.34. The van der Waals surface area contributed by atoms with Crippen LogP contribution in [0, 0.1) is 5.92 Å². The monoisotopic (exact) mass is 241 g/mol. The molecule has 0 radical (unpaired) electrons. The fourth-order valence-corrected chi connectivity index (χ4v) is 2.08. The first-order chi connectivity index (χ1) is 8.04. The quantitative estimate of drug-likeness (QED) is 0.632. The minimum absolute atomic E-state index is 0.180. The van der Waals surface area contributed by atoms with E-state index in [0.717, 1.165) is 25.4 Å². The molecule has 1 saturated carbocycles. The lowest BCUT2D eigenvalue weighted by molar-refractivity contribution is -0.120. The lowest BCUT2D eigenvalue weighted by Gasteiger charge is -2.28. The molecule has 1 unspecified atom stereocenters. The second-order valence-electron chi connectivity index (χ2n) is 5.33. The van der Waals surface area contributed by atoms with Gasteiger partial charge in [0.1, 0.15) is 0 Å². The van der Waals surface area contributed by atoms with Crippen LogP contribution in [0.2, 0.25) is 0 Å². The van der Waals surface area contributed by atoms with E-state index in [-0.39, 0.29) is 11.9 Å². The molecule has 1 aliphatic carbocycles. The fourth-order valence-electron chi connectivity index (χ4n) is 2.08. The molecule has 4 nitrogen and oxygen atoms in total. The predicted octanol–water partition coefficient (Wildman–Crippen LogP) is 0.960. The second kappa shape index (κ2) is 6.97. The van der Waals surface area contributed by atoms with E-state index >= 15 is 0 Å². The van der Waals surface area contributed by atoms with Gasteiger partial charge in [-0.3, -0.25) is 4.79 Å². The number of primary amides is 1. The van der Waals surface area contributed by atoms with Crippen LogP contribution in [0.3, 0.4) is 0 Å². The number of rotatable bonds is 9. The number of nitrogens with one attached hydrogen (secondary N) is 1. The first kappa shape index (κ1) is 14.5. The molecule has 0 aromatic heterocycles. The molecular formula is C13H27N3O. The summed E-state index contributed by atoms with van der Waals surface area (Å²) in [5, 5.41) is 3.14. The third-order valence-corrected chi connectivity index (χ3v) is 3.42. The van der Waals surface area contributed by atoms with Gasteiger partial charge in [0.25, 0.3) is 0 Å². The molecule has 100 valence electrons. The second-order valence-corrected chi connectivity index (χ2v) is 5.33. The number of hydrogen-bond donors (Lipinski definition) is 2. The van der Waals surface area contributed by atoms with Gasteiger partial charge in [0, 0.05) is 19.1 Å². The molecule has 0 aromatic rings. The van der Waals surface area contributed by atoms with E-state index in [2.05, 4.69) is 24.1 Å². The highest BCUT2D eigenvalue weighted by atomic mass is 16.1. The van der Waals surface area contributed by atoms with E-state index in [1.54, 1.807) is 0 Å². The topological polar surface area (TPSA) is 58.4 Å². The Hall–Kier alpha value is -0.610. The van der Waals surface area contributed by atoms with Crippen LogP contribution in [0.15, 0.2) is 0 Å². The highest BCUT2D eigenvalue weighted by Crippen LogP contribution is 2.30. The van der Waals surface area contributed by atoms with Gasteiger partial charge in [-0.25, -0.2) is 0 Å². The van der Waals surface area contributed by atoms with E-state index in [0.29, 0.717) is 6.04 Å². The fraction of sp³-hybridized carbons (Fsp3) is 0.923. The van der Waals surface area contributed by atoms with Crippen molar-refractivity contribution in [1.29, 1.82) is 0 Å². The van der Waals surface area contributed by atoms with Gasteiger partial charge in [0.15, 0.2) is 0 Å². The number of carbonyl (C=O) groups is 1. The van der Waals surface area contributed by atoms with Crippen molar-refractivity contribution in [1.82, 2.24) is 10.2 Å². The first-order valence-corrected chi connectivity index (χ1v) is 6.81. The number of nitrogens with two attached hydrogens (primary N) is 1. The maximum absolute atomic E-state index is 11.2. The lowest BCUT2D eigenvalue weighted by atomic mass is 10.1. The molecule has 0 aliphatic heterocycles. The van der Waals surface area contributed by atoms with Gasteiger partial charge < -0.3 is 16.0 Å². The van der Waals surface area contributed by atoms with E-state index < -0.39 is 0 Å². The zero-order chi connectivity index (χ0) is 12.8. The van der Waals surface area contributed by atoms with E-state index in [1.165, 1.54) is 19.4 Å². The number of carbonyl (C=O) groups excluding carboxylic acids is 1. The minimum atomic E-state index is -0.234. The Labute approximate surface area is 105 Å². The van der Waals surface area contributed by atoms with Gasteiger partial charge in [-0.15, -0.1) is 0 Å².